The van der Waals surface area contributed by atoms with Crippen molar-refractivity contribution in [1.82, 2.24) is 0 Å². The summed E-state index contributed by atoms with van der Waals surface area (Å²) < 4.78 is 0. The molecule has 9 heavy (non-hydrogen) atoms. The molecule has 0 spiro atoms. The number of rotatable bonds is 2. The molecule has 0 heterocycles. The number of aliphatic imine (C=N–C) groups is 1. The third-order valence-electron chi connectivity index (χ3n) is 0.884. The van der Waals surface area contributed by atoms with E-state index in [9.17, 15) is 0 Å². The minimum Gasteiger partial charge on any atom is -0.296 e. The van der Waals surface area contributed by atoms with Crippen molar-refractivity contribution >= 4 is 6.21 Å². The molecule has 0 N–H and O–H groups in total. The van der Waals surface area contributed by atoms with Gasteiger partial charge in [0.15, 0.2) is 0 Å². The van der Waals surface area contributed by atoms with E-state index in [0.29, 0.717) is 0 Å². The smallest absolute Gasteiger partial charge is 0.0277 e. The van der Waals surface area contributed by atoms with E-state index in [4.69, 9.17) is 0 Å². The lowest BCUT2D eigenvalue weighted by Gasteiger charge is -1.83. The van der Waals surface area contributed by atoms with Gasteiger partial charge in [0.05, 0.1) is 0 Å². The molecule has 0 fully saturated rings. The highest BCUT2D eigenvalue weighted by Crippen LogP contribution is 1.87. The van der Waals surface area contributed by atoms with Crippen LogP contribution in [0.25, 0.3) is 0 Å². The van der Waals surface area contributed by atoms with Gasteiger partial charge < -0.3 is 0 Å². The van der Waals surface area contributed by atoms with Crippen molar-refractivity contribution in [3.63, 3.8) is 0 Å². The molecule has 0 aromatic rings. The van der Waals surface area contributed by atoms with E-state index >= 15 is 0 Å². The van der Waals surface area contributed by atoms with E-state index in [-0.39, 0.29) is 0 Å². The molecule has 0 saturated heterocycles. The molecule has 0 aliphatic carbocycles. The average Bonchev–Trinajstić information content (AvgIpc) is 1.85. The summed E-state index contributed by atoms with van der Waals surface area (Å²) in [6.07, 6.45) is 7.84. The van der Waals surface area contributed by atoms with Crippen LogP contribution in [-0.4, -0.2) is 13.3 Å². The zero-order chi connectivity index (χ0) is 7.11. The summed E-state index contributed by atoms with van der Waals surface area (Å²) in [5.74, 6) is 0. The Labute approximate surface area is 56.8 Å². The molecule has 0 aliphatic rings. The molecular weight excluding hydrogens is 110 g/mol. The van der Waals surface area contributed by atoms with Gasteiger partial charge in [-0.05, 0) is 19.4 Å². The maximum atomic E-state index is 3.86. The summed E-state index contributed by atoms with van der Waals surface area (Å²) in [6.45, 7) is 4.01. The minimum atomic E-state index is 1.18. The molecule has 0 unspecified atom stereocenters. The minimum absolute atomic E-state index is 1.18. The van der Waals surface area contributed by atoms with Crippen molar-refractivity contribution in [2.75, 3.05) is 7.05 Å². The van der Waals surface area contributed by atoms with Crippen molar-refractivity contribution in [1.29, 1.82) is 0 Å². The van der Waals surface area contributed by atoms with E-state index in [1.165, 1.54) is 5.57 Å². The van der Waals surface area contributed by atoms with Crippen LogP contribution in [0.2, 0.25) is 0 Å². The lowest BCUT2D eigenvalue weighted by molar-refractivity contribution is 1.44. The van der Waals surface area contributed by atoms with Crippen LogP contribution >= 0.6 is 0 Å². The molecule has 0 aliphatic heterocycles. The molecule has 50 valence electrons. The second-order valence-electron chi connectivity index (χ2n) is 1.82. The fourth-order valence-corrected chi connectivity index (χ4v) is 0.495. The van der Waals surface area contributed by atoms with E-state index < -0.39 is 0 Å². The van der Waals surface area contributed by atoms with Crippen molar-refractivity contribution in [2.45, 2.75) is 13.8 Å². The van der Waals surface area contributed by atoms with Crippen molar-refractivity contribution in [3.05, 3.63) is 23.8 Å². The monoisotopic (exact) mass is 123 g/mol. The molecule has 0 aromatic carbocycles. The van der Waals surface area contributed by atoms with Crippen LogP contribution in [0.4, 0.5) is 0 Å². The maximum absolute atomic E-state index is 3.86. The summed E-state index contributed by atoms with van der Waals surface area (Å²) in [5, 5.41) is 0. The van der Waals surface area contributed by atoms with Crippen LogP contribution in [0.3, 0.4) is 0 Å². The second kappa shape index (κ2) is 5.29. The van der Waals surface area contributed by atoms with E-state index in [1.54, 1.807) is 7.05 Å². The predicted octanol–water partition coefficient (Wildman–Crippen LogP) is 2.21. The number of allylic oxidation sites excluding steroid dienone is 4. The van der Waals surface area contributed by atoms with E-state index in [1.807, 2.05) is 38.3 Å². The van der Waals surface area contributed by atoms with Gasteiger partial charge in [-0.1, -0.05) is 18.2 Å². The fourth-order valence-electron chi connectivity index (χ4n) is 0.495. The molecule has 0 atom stereocenters. The van der Waals surface area contributed by atoms with Gasteiger partial charge in [0.25, 0.3) is 0 Å². The summed E-state index contributed by atoms with van der Waals surface area (Å²) in [4.78, 5) is 3.86. The quantitative estimate of drug-likeness (QED) is 0.394. The number of hydrogen-bond donors (Lipinski definition) is 0. The van der Waals surface area contributed by atoms with Crippen molar-refractivity contribution in [2.24, 2.45) is 4.99 Å². The topological polar surface area (TPSA) is 12.4 Å². The number of nitrogens with zero attached hydrogens (tertiary/aromatic N) is 1. The zero-order valence-corrected chi connectivity index (χ0v) is 6.26. The van der Waals surface area contributed by atoms with Crippen LogP contribution in [0.15, 0.2) is 28.8 Å². The Morgan fingerprint density at radius 3 is 2.56 bits per heavy atom. The fraction of sp³-hybridized carbons (Fsp3) is 0.375. The third kappa shape index (κ3) is 5.01. The summed E-state index contributed by atoms with van der Waals surface area (Å²) in [7, 11) is 1.77. The van der Waals surface area contributed by atoms with Gasteiger partial charge in [0.2, 0.25) is 0 Å². The van der Waals surface area contributed by atoms with Gasteiger partial charge >= 0.3 is 0 Å². The Bertz CT molecular complexity index is 141. The lowest BCUT2D eigenvalue weighted by Crippen LogP contribution is -1.73. The summed E-state index contributed by atoms with van der Waals surface area (Å²) in [6, 6.07) is 0. The first-order chi connectivity index (χ1) is 4.31. The molecular formula is C8H13N. The lowest BCUT2D eigenvalue weighted by atomic mass is 10.3. The van der Waals surface area contributed by atoms with Gasteiger partial charge in [0.1, 0.15) is 0 Å². The first-order valence-electron chi connectivity index (χ1n) is 3.03. The van der Waals surface area contributed by atoms with Crippen LogP contribution in [0.5, 0.6) is 0 Å². The highest BCUT2D eigenvalue weighted by molar-refractivity contribution is 5.77. The van der Waals surface area contributed by atoms with Gasteiger partial charge in [-0.25, -0.2) is 0 Å². The van der Waals surface area contributed by atoms with Gasteiger partial charge in [-0.3, -0.25) is 4.99 Å². The molecule has 1 nitrogen and oxygen atoms in total. The van der Waals surface area contributed by atoms with Gasteiger partial charge in [0, 0.05) is 13.3 Å². The Kier molecular flexibility index (Phi) is 4.79. The number of hydrogen-bond acceptors (Lipinski definition) is 1. The molecule has 0 bridgehead atoms. The largest absolute Gasteiger partial charge is 0.296 e. The third-order valence-corrected chi connectivity index (χ3v) is 0.884. The molecule has 0 amide bonds. The highest BCUT2D eigenvalue weighted by Gasteiger charge is 1.74. The van der Waals surface area contributed by atoms with Crippen LogP contribution in [-0.2, 0) is 0 Å². The SMILES string of the molecule is C/C=C\C=C(\C)C=NC. The first kappa shape index (κ1) is 8.15. The Morgan fingerprint density at radius 1 is 1.44 bits per heavy atom. The Morgan fingerprint density at radius 2 is 2.11 bits per heavy atom. The zero-order valence-electron chi connectivity index (χ0n) is 6.26. The average molecular weight is 123 g/mol. The van der Waals surface area contributed by atoms with Crippen molar-refractivity contribution < 1.29 is 0 Å². The maximum Gasteiger partial charge on any atom is 0.0277 e. The van der Waals surface area contributed by atoms with E-state index in [2.05, 4.69) is 4.99 Å². The molecule has 0 saturated carbocycles. The standard InChI is InChI=1S/C8H13N/c1-4-5-6-8(2)7-9-3/h4-7H,1-3H3/b5-4-,8-6-,9-7?. The van der Waals surface area contributed by atoms with Crippen LogP contribution in [0.1, 0.15) is 13.8 Å². The Hall–Kier alpha value is -0.850. The van der Waals surface area contributed by atoms with Crippen LogP contribution < -0.4 is 0 Å². The Balaban J connectivity index is 3.84. The highest BCUT2D eigenvalue weighted by atomic mass is 14.6. The normalized spacial score (nSPS) is 13.9. The molecule has 0 radical (unpaired) electrons. The second-order valence-corrected chi connectivity index (χ2v) is 1.82. The molecule has 0 rings (SSSR count). The van der Waals surface area contributed by atoms with Crippen molar-refractivity contribution in [3.8, 4) is 0 Å². The van der Waals surface area contributed by atoms with Gasteiger partial charge in [-0.15, -0.1) is 0 Å². The summed E-state index contributed by atoms with van der Waals surface area (Å²) >= 11 is 0. The first-order valence-corrected chi connectivity index (χ1v) is 3.03. The summed E-state index contributed by atoms with van der Waals surface area (Å²) in [5.41, 5.74) is 1.18. The molecule has 0 aromatic heterocycles. The van der Waals surface area contributed by atoms with E-state index in [0.717, 1.165) is 0 Å². The van der Waals surface area contributed by atoms with Crippen LogP contribution in [0, 0.1) is 0 Å². The molecule has 1 heteroatoms. The predicted molar refractivity (Wildman–Crippen MR) is 43.0 cm³/mol. The van der Waals surface area contributed by atoms with Gasteiger partial charge in [-0.2, -0.15) is 0 Å².